The Bertz CT molecular complexity index is 4730. The van der Waals surface area contributed by atoms with Crippen LogP contribution in [0.4, 0.5) is 0 Å². The number of fused-ring (bicyclic) bond motifs is 15. The molecule has 0 fully saturated rings. The first-order chi connectivity index (χ1) is 36.0. The van der Waals surface area contributed by atoms with Crippen LogP contribution in [0, 0.1) is 0 Å². The minimum absolute atomic E-state index is 0.00426. The van der Waals surface area contributed by atoms with Gasteiger partial charge < -0.3 is 13.7 Å². The number of nitrogens with zero attached hydrogens (tertiary/aromatic N) is 3. The van der Waals surface area contributed by atoms with Crippen molar-refractivity contribution in [3.05, 3.63) is 193 Å². The van der Waals surface area contributed by atoms with Gasteiger partial charge in [0.25, 0.3) is 6.71 Å². The molecule has 0 bridgehead atoms. The fraction of sp³-hybridized carbons (Fsp3) is 0.114. The van der Waals surface area contributed by atoms with Crippen molar-refractivity contribution in [2.24, 2.45) is 0 Å². The molecule has 0 radical (unpaired) electrons. The topological polar surface area (TPSA) is 14.8 Å². The summed E-state index contributed by atoms with van der Waals surface area (Å²) >= 11 is 0. The summed E-state index contributed by atoms with van der Waals surface area (Å²) < 4.78 is 7.99. The molecule has 0 atom stereocenters. The van der Waals surface area contributed by atoms with Gasteiger partial charge in [0.2, 0.25) is 0 Å². The monoisotopic (exact) mass is 941 g/mol. The SMILES string of the molecule is CC(C)(C)c1ccc2c(c1)c1cc(C(C)(C)C)ccc1n2-c1cc2c3c(c1)-n1c4ccc5cccc6c5c4c4c(ccc(c41)B3c1ccc3c4c5c7c(cccc7ccc5n-2c14)-c1ccccc1-3)-c1ccccc1-6. The standard InChI is InChI=1S/C70H48BN3/c1-69(2,3)39-23-31-54-50(33-39)51-34-40(70(4,5)6)24-32-55(51)72(54)41-35-58-66-59(36-41)74-57-30-22-38-14-12-20-47-43-16-8-10-18-45(43)49-26-28-53(68(74)63(49)65(57)61(38)47)71(66)52-27-25-48-44-17-9-7-15-42(44)46-19-11-13-37-21-29-56-64(60(37)46)62(48)67(52)73(56)58/h7-36H,1-6H3. The summed E-state index contributed by atoms with van der Waals surface area (Å²) in [6, 6.07) is 71.3. The van der Waals surface area contributed by atoms with Crippen molar-refractivity contribution >= 4 is 110 Å². The fourth-order valence-corrected chi connectivity index (χ4v) is 14.9. The molecule has 5 heterocycles. The lowest BCUT2D eigenvalue weighted by Crippen LogP contribution is -2.59. The molecular weight excluding hydrogens is 894 g/mol. The molecule has 14 aromatic rings. The second kappa shape index (κ2) is 12.9. The van der Waals surface area contributed by atoms with E-state index >= 15 is 0 Å². The Hall–Kier alpha value is -8.60. The molecule has 0 spiro atoms. The highest BCUT2D eigenvalue weighted by atomic mass is 15.1. The lowest BCUT2D eigenvalue weighted by atomic mass is 9.34. The van der Waals surface area contributed by atoms with Crippen molar-refractivity contribution in [1.82, 2.24) is 13.7 Å². The van der Waals surface area contributed by atoms with E-state index in [1.54, 1.807) is 0 Å². The summed E-state index contributed by atoms with van der Waals surface area (Å²) in [6.45, 7) is 14.0. The van der Waals surface area contributed by atoms with Gasteiger partial charge in [-0.2, -0.15) is 0 Å². The Labute approximate surface area is 428 Å². The summed E-state index contributed by atoms with van der Waals surface area (Å²) in [5.74, 6) is 0. The van der Waals surface area contributed by atoms with E-state index < -0.39 is 0 Å². The molecule has 11 aromatic carbocycles. The van der Waals surface area contributed by atoms with Crippen molar-refractivity contribution in [1.29, 1.82) is 0 Å². The maximum Gasteiger partial charge on any atom is 0.252 e. The van der Waals surface area contributed by atoms with Crippen molar-refractivity contribution in [3.8, 4) is 61.6 Å². The van der Waals surface area contributed by atoms with E-state index in [2.05, 4.69) is 237 Å². The van der Waals surface area contributed by atoms with E-state index in [4.69, 9.17) is 0 Å². The Morgan fingerprint density at radius 3 is 1.16 bits per heavy atom. The zero-order valence-electron chi connectivity index (χ0n) is 42.2. The third-order valence-electron chi connectivity index (χ3n) is 18.2. The van der Waals surface area contributed by atoms with Gasteiger partial charge in [0.1, 0.15) is 0 Å². The van der Waals surface area contributed by atoms with Crippen molar-refractivity contribution < 1.29 is 0 Å². The molecule has 3 nitrogen and oxygen atoms in total. The van der Waals surface area contributed by atoms with Gasteiger partial charge >= 0.3 is 0 Å². The fourth-order valence-electron chi connectivity index (χ4n) is 14.9. The highest BCUT2D eigenvalue weighted by molar-refractivity contribution is 7.00. The zero-order valence-corrected chi connectivity index (χ0v) is 42.2. The van der Waals surface area contributed by atoms with Gasteiger partial charge in [0, 0.05) is 43.7 Å². The number of rotatable bonds is 1. The predicted molar refractivity (Wildman–Crippen MR) is 315 cm³/mol. The second-order valence-electron chi connectivity index (χ2n) is 24.0. The summed E-state index contributed by atoms with van der Waals surface area (Å²) in [5.41, 5.74) is 28.6. The molecule has 0 saturated heterocycles. The molecule has 0 amide bonds. The molecular formula is C70H48BN3. The summed E-state index contributed by atoms with van der Waals surface area (Å²) in [6.07, 6.45) is 0. The first-order valence-electron chi connectivity index (χ1n) is 26.5. The van der Waals surface area contributed by atoms with Gasteiger partial charge in [-0.1, -0.05) is 175 Å². The summed E-state index contributed by atoms with van der Waals surface area (Å²) in [5, 5.41) is 13.3. The number of aromatic nitrogens is 3. The highest BCUT2D eigenvalue weighted by Crippen LogP contribution is 2.53. The first-order valence-corrected chi connectivity index (χ1v) is 26.5. The minimum atomic E-state index is -0.0129. The molecule has 2 aliphatic heterocycles. The normalized spacial score (nSPS) is 13.8. The van der Waals surface area contributed by atoms with Crippen LogP contribution in [0.3, 0.4) is 0 Å². The van der Waals surface area contributed by atoms with Crippen LogP contribution in [0.2, 0.25) is 0 Å². The Morgan fingerprint density at radius 1 is 0.324 bits per heavy atom. The van der Waals surface area contributed by atoms with Crippen LogP contribution in [-0.2, 0) is 10.8 Å². The maximum atomic E-state index is 2.70. The van der Waals surface area contributed by atoms with Crippen molar-refractivity contribution in [2.75, 3.05) is 0 Å². The van der Waals surface area contributed by atoms with E-state index in [9.17, 15) is 0 Å². The summed E-state index contributed by atoms with van der Waals surface area (Å²) in [7, 11) is 0. The van der Waals surface area contributed by atoms with Crippen LogP contribution in [-0.4, -0.2) is 20.4 Å². The quantitative estimate of drug-likeness (QED) is 0.146. The Kier molecular flexibility index (Phi) is 6.99. The smallest absolute Gasteiger partial charge is 0.252 e. The number of hydrogen-bond donors (Lipinski definition) is 0. The van der Waals surface area contributed by atoms with Crippen molar-refractivity contribution in [3.63, 3.8) is 0 Å². The molecule has 0 saturated carbocycles. The lowest BCUT2D eigenvalue weighted by Gasteiger charge is -2.35. The molecule has 0 N–H and O–H groups in total. The molecule has 18 rings (SSSR count). The highest BCUT2D eigenvalue weighted by Gasteiger charge is 2.43. The van der Waals surface area contributed by atoms with Crippen LogP contribution < -0.4 is 16.4 Å². The Morgan fingerprint density at radius 2 is 0.730 bits per heavy atom. The third kappa shape index (κ3) is 4.61. The molecule has 346 valence electrons. The average molecular weight is 942 g/mol. The van der Waals surface area contributed by atoms with Crippen LogP contribution in [0.15, 0.2) is 182 Å². The maximum absolute atomic E-state index is 2.70. The van der Waals surface area contributed by atoms with Crippen LogP contribution in [0.1, 0.15) is 52.7 Å². The second-order valence-corrected chi connectivity index (χ2v) is 24.0. The molecule has 74 heavy (non-hydrogen) atoms. The van der Waals surface area contributed by atoms with Gasteiger partial charge in [-0.15, -0.1) is 0 Å². The van der Waals surface area contributed by atoms with E-state index in [0.717, 1.165) is 0 Å². The number of benzene rings is 11. The molecule has 2 aliphatic carbocycles. The van der Waals surface area contributed by atoms with Crippen LogP contribution >= 0.6 is 0 Å². The Balaban J connectivity index is 1.07. The molecule has 4 heteroatoms. The van der Waals surface area contributed by atoms with E-state index in [1.165, 1.54) is 176 Å². The van der Waals surface area contributed by atoms with Gasteiger partial charge in [-0.25, -0.2) is 0 Å². The number of hydrogen-bond acceptors (Lipinski definition) is 0. The molecule has 4 aliphatic rings. The molecule has 3 aromatic heterocycles. The van der Waals surface area contributed by atoms with Crippen molar-refractivity contribution in [2.45, 2.75) is 52.4 Å². The zero-order chi connectivity index (χ0) is 49.0. The minimum Gasteiger partial charge on any atom is -0.310 e. The molecule has 0 unspecified atom stereocenters. The van der Waals surface area contributed by atoms with Crippen LogP contribution in [0.5, 0.6) is 0 Å². The van der Waals surface area contributed by atoms with Gasteiger partial charge in [-0.05, 0) is 153 Å². The average Bonchev–Trinajstić information content (AvgIpc) is 4.01. The van der Waals surface area contributed by atoms with Crippen LogP contribution in [0.25, 0.3) is 149 Å². The van der Waals surface area contributed by atoms with E-state index in [-0.39, 0.29) is 17.5 Å². The van der Waals surface area contributed by atoms with Gasteiger partial charge in [-0.3, -0.25) is 0 Å². The first kappa shape index (κ1) is 40.0. The lowest BCUT2D eigenvalue weighted by molar-refractivity contribution is 0.590. The van der Waals surface area contributed by atoms with Gasteiger partial charge in [0.15, 0.2) is 0 Å². The van der Waals surface area contributed by atoms with E-state index in [1.807, 2.05) is 0 Å². The summed E-state index contributed by atoms with van der Waals surface area (Å²) in [4.78, 5) is 0. The predicted octanol–water partition coefficient (Wildman–Crippen LogP) is 16.3. The largest absolute Gasteiger partial charge is 0.310 e. The third-order valence-corrected chi connectivity index (χ3v) is 18.2. The van der Waals surface area contributed by atoms with Gasteiger partial charge in [0.05, 0.1) is 38.8 Å². The van der Waals surface area contributed by atoms with E-state index in [0.29, 0.717) is 0 Å².